The summed E-state index contributed by atoms with van der Waals surface area (Å²) in [5.74, 6) is 1.22. The Bertz CT molecular complexity index is 587. The molecule has 0 aliphatic carbocycles. The van der Waals surface area contributed by atoms with E-state index in [0.717, 1.165) is 24.3 Å². The van der Waals surface area contributed by atoms with E-state index in [1.165, 1.54) is 6.07 Å². The van der Waals surface area contributed by atoms with Crippen molar-refractivity contribution in [2.45, 2.75) is 46.0 Å². The molecule has 0 amide bonds. The van der Waals surface area contributed by atoms with Crippen LogP contribution in [0.3, 0.4) is 0 Å². The van der Waals surface area contributed by atoms with Crippen LogP contribution in [0.5, 0.6) is 0 Å². The van der Waals surface area contributed by atoms with Gasteiger partial charge < -0.3 is 4.57 Å². The van der Waals surface area contributed by atoms with Crippen LogP contribution in [-0.4, -0.2) is 9.55 Å². The van der Waals surface area contributed by atoms with Crippen LogP contribution in [-0.2, 0) is 6.54 Å². The van der Waals surface area contributed by atoms with Gasteiger partial charge in [-0.15, -0.1) is 11.6 Å². The van der Waals surface area contributed by atoms with Gasteiger partial charge in [0.05, 0.1) is 16.4 Å². The Morgan fingerprint density at radius 1 is 1.32 bits per heavy atom. The van der Waals surface area contributed by atoms with Gasteiger partial charge in [-0.3, -0.25) is 0 Å². The number of imidazole rings is 1. The van der Waals surface area contributed by atoms with Crippen LogP contribution in [0.15, 0.2) is 12.1 Å². The maximum Gasteiger partial charge on any atom is 0.128 e. The highest BCUT2D eigenvalue weighted by molar-refractivity contribution is 6.20. The maximum absolute atomic E-state index is 13.6. The van der Waals surface area contributed by atoms with Crippen molar-refractivity contribution in [3.05, 3.63) is 29.3 Å². The van der Waals surface area contributed by atoms with Crippen molar-refractivity contribution in [3.63, 3.8) is 0 Å². The summed E-state index contributed by atoms with van der Waals surface area (Å²) < 4.78 is 15.7. The van der Waals surface area contributed by atoms with Crippen molar-refractivity contribution in [2.24, 2.45) is 5.92 Å². The molecular weight excluding hydrogens is 263 g/mol. The molecule has 0 saturated heterocycles. The number of nitrogens with zero attached hydrogens (tertiary/aromatic N) is 2. The lowest BCUT2D eigenvalue weighted by molar-refractivity contribution is 0.512. The van der Waals surface area contributed by atoms with Gasteiger partial charge in [-0.1, -0.05) is 13.8 Å². The minimum absolute atomic E-state index is 0.178. The van der Waals surface area contributed by atoms with E-state index in [-0.39, 0.29) is 11.2 Å². The van der Waals surface area contributed by atoms with Crippen LogP contribution in [0.25, 0.3) is 11.0 Å². The average Bonchev–Trinajstić information content (AvgIpc) is 2.65. The number of halogens is 2. The number of aryl methyl sites for hydroxylation is 2. The summed E-state index contributed by atoms with van der Waals surface area (Å²) in [6, 6.07) is 3.36. The Labute approximate surface area is 118 Å². The molecule has 0 radical (unpaired) electrons. The molecule has 0 spiro atoms. The maximum atomic E-state index is 13.6. The molecule has 4 heteroatoms. The van der Waals surface area contributed by atoms with Crippen LogP contribution in [0.1, 0.15) is 44.0 Å². The van der Waals surface area contributed by atoms with E-state index in [9.17, 15) is 4.39 Å². The van der Waals surface area contributed by atoms with Crippen LogP contribution >= 0.6 is 11.6 Å². The van der Waals surface area contributed by atoms with Gasteiger partial charge in [0.2, 0.25) is 0 Å². The molecule has 1 atom stereocenters. The second kappa shape index (κ2) is 5.49. The summed E-state index contributed by atoms with van der Waals surface area (Å²) in [5, 5.41) is -0.178. The first-order chi connectivity index (χ1) is 8.90. The predicted octanol–water partition coefficient (Wildman–Crippen LogP) is 4.83. The third-order valence-electron chi connectivity index (χ3n) is 3.34. The topological polar surface area (TPSA) is 17.8 Å². The zero-order valence-electron chi connectivity index (χ0n) is 11.9. The third-order valence-corrected chi connectivity index (χ3v) is 3.54. The quantitative estimate of drug-likeness (QED) is 0.735. The number of rotatable bonds is 4. The van der Waals surface area contributed by atoms with Crippen LogP contribution in [0.2, 0.25) is 0 Å². The first-order valence-corrected chi connectivity index (χ1v) is 7.14. The number of fused-ring (bicyclic) bond motifs is 1. The average molecular weight is 283 g/mol. The molecule has 2 rings (SSSR count). The summed E-state index contributed by atoms with van der Waals surface area (Å²) in [6.07, 6.45) is 1.05. The number of aromatic nitrogens is 2. The van der Waals surface area contributed by atoms with Crippen molar-refractivity contribution in [1.82, 2.24) is 9.55 Å². The van der Waals surface area contributed by atoms with E-state index in [4.69, 9.17) is 11.6 Å². The number of hydrogen-bond acceptors (Lipinski definition) is 1. The van der Waals surface area contributed by atoms with Gasteiger partial charge in [-0.25, -0.2) is 9.37 Å². The Hall–Kier alpha value is -1.09. The second-order valence-electron chi connectivity index (χ2n) is 5.51. The van der Waals surface area contributed by atoms with E-state index in [1.54, 1.807) is 6.92 Å². The molecule has 1 aromatic carbocycles. The molecule has 0 N–H and O–H groups in total. The van der Waals surface area contributed by atoms with Gasteiger partial charge in [0, 0.05) is 12.6 Å². The van der Waals surface area contributed by atoms with Crippen molar-refractivity contribution in [2.75, 3.05) is 0 Å². The predicted molar refractivity (Wildman–Crippen MR) is 78.2 cm³/mol. The van der Waals surface area contributed by atoms with Gasteiger partial charge in [0.25, 0.3) is 0 Å². The zero-order valence-corrected chi connectivity index (χ0v) is 12.6. The molecule has 0 fully saturated rings. The Kier molecular flexibility index (Phi) is 4.14. The fourth-order valence-electron chi connectivity index (χ4n) is 2.19. The summed E-state index contributed by atoms with van der Waals surface area (Å²) in [6.45, 7) is 8.92. The minimum atomic E-state index is -0.213. The fourth-order valence-corrected chi connectivity index (χ4v) is 2.36. The lowest BCUT2D eigenvalue weighted by Gasteiger charge is -2.12. The van der Waals surface area contributed by atoms with Gasteiger partial charge in [-0.2, -0.15) is 0 Å². The first-order valence-electron chi connectivity index (χ1n) is 6.70. The number of alkyl halides is 1. The van der Waals surface area contributed by atoms with Crippen LogP contribution < -0.4 is 0 Å². The van der Waals surface area contributed by atoms with E-state index in [2.05, 4.69) is 23.4 Å². The van der Waals surface area contributed by atoms with Crippen molar-refractivity contribution < 1.29 is 4.39 Å². The van der Waals surface area contributed by atoms with E-state index >= 15 is 0 Å². The molecule has 0 bridgehead atoms. The van der Waals surface area contributed by atoms with Crippen LogP contribution in [0.4, 0.5) is 4.39 Å². The first kappa shape index (κ1) is 14.3. The van der Waals surface area contributed by atoms with E-state index < -0.39 is 0 Å². The highest BCUT2D eigenvalue weighted by Gasteiger charge is 2.16. The summed E-state index contributed by atoms with van der Waals surface area (Å²) >= 11 is 6.20. The molecule has 0 aliphatic heterocycles. The highest BCUT2D eigenvalue weighted by atomic mass is 35.5. The van der Waals surface area contributed by atoms with Gasteiger partial charge in [0.15, 0.2) is 0 Å². The summed E-state index contributed by atoms with van der Waals surface area (Å²) in [7, 11) is 0. The Morgan fingerprint density at radius 2 is 2.00 bits per heavy atom. The summed E-state index contributed by atoms with van der Waals surface area (Å²) in [5.41, 5.74) is 2.31. The molecule has 1 aromatic heterocycles. The van der Waals surface area contributed by atoms with Crippen molar-refractivity contribution in [1.29, 1.82) is 0 Å². The lowest BCUT2D eigenvalue weighted by Crippen LogP contribution is -2.06. The normalized spacial score (nSPS) is 13.4. The standard InChI is InChI=1S/C15H20ClFN2/c1-9(2)5-6-19-14-7-10(3)12(17)8-13(14)18-15(19)11(4)16/h7-9,11H,5-6H2,1-4H3. The van der Waals surface area contributed by atoms with Crippen molar-refractivity contribution in [3.8, 4) is 0 Å². The fraction of sp³-hybridized carbons (Fsp3) is 0.533. The number of benzene rings is 1. The second-order valence-corrected chi connectivity index (χ2v) is 6.16. The summed E-state index contributed by atoms with van der Waals surface area (Å²) in [4.78, 5) is 4.48. The zero-order chi connectivity index (χ0) is 14.2. The lowest BCUT2D eigenvalue weighted by atomic mass is 10.1. The molecule has 2 aromatic rings. The highest BCUT2D eigenvalue weighted by Crippen LogP contribution is 2.27. The SMILES string of the molecule is Cc1cc2c(cc1F)nc(C(C)Cl)n2CCC(C)C. The molecule has 104 valence electrons. The molecular formula is C15H20ClFN2. The Morgan fingerprint density at radius 3 is 2.58 bits per heavy atom. The monoisotopic (exact) mass is 282 g/mol. The third kappa shape index (κ3) is 2.92. The van der Waals surface area contributed by atoms with E-state index in [1.807, 2.05) is 13.0 Å². The van der Waals surface area contributed by atoms with Crippen LogP contribution in [0, 0.1) is 18.7 Å². The molecule has 1 unspecified atom stereocenters. The molecule has 1 heterocycles. The minimum Gasteiger partial charge on any atom is -0.327 e. The van der Waals surface area contributed by atoms with Gasteiger partial charge in [0.1, 0.15) is 11.6 Å². The smallest absolute Gasteiger partial charge is 0.128 e. The molecule has 19 heavy (non-hydrogen) atoms. The van der Waals surface area contributed by atoms with E-state index in [0.29, 0.717) is 17.0 Å². The molecule has 2 nitrogen and oxygen atoms in total. The Balaban J connectivity index is 2.55. The van der Waals surface area contributed by atoms with Gasteiger partial charge >= 0.3 is 0 Å². The van der Waals surface area contributed by atoms with Gasteiger partial charge in [-0.05, 0) is 37.8 Å². The largest absolute Gasteiger partial charge is 0.327 e. The number of hydrogen-bond donors (Lipinski definition) is 0. The molecule has 0 aliphatic rings. The van der Waals surface area contributed by atoms with Crippen molar-refractivity contribution >= 4 is 22.6 Å². The molecule has 0 saturated carbocycles.